The highest BCUT2D eigenvalue weighted by atomic mass is 19.1. The zero-order valence-corrected chi connectivity index (χ0v) is 13.5. The summed E-state index contributed by atoms with van der Waals surface area (Å²) in [5.41, 5.74) is 1.32. The molecule has 0 unspecified atom stereocenters. The lowest BCUT2D eigenvalue weighted by molar-refractivity contribution is -0.121. The van der Waals surface area contributed by atoms with Crippen LogP contribution in [-0.4, -0.2) is 27.6 Å². The third-order valence-corrected chi connectivity index (χ3v) is 3.62. The van der Waals surface area contributed by atoms with Crippen molar-refractivity contribution in [2.24, 2.45) is 0 Å². The van der Waals surface area contributed by atoms with Crippen LogP contribution >= 0.6 is 0 Å². The molecule has 0 saturated carbocycles. The minimum atomic E-state index is -0.259. The summed E-state index contributed by atoms with van der Waals surface area (Å²) in [5, 5.41) is 10.6. The number of rotatable bonds is 7. The van der Waals surface area contributed by atoms with Gasteiger partial charge in [0.25, 0.3) is 0 Å². The minimum Gasteiger partial charge on any atom is -0.421 e. The third kappa shape index (κ3) is 4.69. The molecule has 0 radical (unpaired) electrons. The number of nitrogens with zero attached hydrogens (tertiary/aromatic N) is 3. The van der Waals surface area contributed by atoms with Crippen LogP contribution < -0.4 is 5.32 Å². The molecule has 128 valence electrons. The summed E-state index contributed by atoms with van der Waals surface area (Å²) < 4.78 is 19.0. The number of halogens is 1. The van der Waals surface area contributed by atoms with E-state index < -0.39 is 0 Å². The molecule has 2 heterocycles. The number of hydrogen-bond donors (Lipinski definition) is 1. The minimum absolute atomic E-state index is 0.141. The van der Waals surface area contributed by atoms with Crippen LogP contribution in [0.25, 0.3) is 11.5 Å². The smallest absolute Gasteiger partial charge is 0.249 e. The molecular weight excluding hydrogens is 323 g/mol. The molecule has 2 aromatic heterocycles. The van der Waals surface area contributed by atoms with E-state index in [0.717, 1.165) is 5.56 Å². The molecule has 0 aliphatic heterocycles. The summed E-state index contributed by atoms with van der Waals surface area (Å²) in [4.78, 5) is 15.9. The summed E-state index contributed by atoms with van der Waals surface area (Å²) in [5.74, 6) is 0.370. The zero-order chi connectivity index (χ0) is 17.5. The number of hydrogen-bond acceptors (Lipinski definition) is 5. The van der Waals surface area contributed by atoms with E-state index in [2.05, 4.69) is 20.5 Å². The van der Waals surface area contributed by atoms with Crippen LogP contribution in [-0.2, 0) is 17.6 Å². The van der Waals surface area contributed by atoms with Gasteiger partial charge in [-0.3, -0.25) is 9.78 Å². The van der Waals surface area contributed by atoms with E-state index in [1.807, 2.05) is 6.07 Å². The Hall–Kier alpha value is -3.09. The molecule has 1 aromatic carbocycles. The molecule has 0 aliphatic rings. The van der Waals surface area contributed by atoms with Crippen LogP contribution in [0.4, 0.5) is 4.39 Å². The Morgan fingerprint density at radius 2 is 2.00 bits per heavy atom. The van der Waals surface area contributed by atoms with Crippen molar-refractivity contribution in [2.45, 2.75) is 19.3 Å². The second-order valence-electron chi connectivity index (χ2n) is 5.43. The number of nitrogens with one attached hydrogen (secondary N) is 1. The monoisotopic (exact) mass is 340 g/mol. The maximum absolute atomic E-state index is 13.5. The second kappa shape index (κ2) is 8.14. The predicted molar refractivity (Wildman–Crippen MR) is 89.0 cm³/mol. The van der Waals surface area contributed by atoms with Gasteiger partial charge in [-0.2, -0.15) is 0 Å². The second-order valence-corrected chi connectivity index (χ2v) is 5.43. The van der Waals surface area contributed by atoms with Crippen molar-refractivity contribution >= 4 is 5.91 Å². The van der Waals surface area contributed by atoms with Gasteiger partial charge in [-0.15, -0.1) is 10.2 Å². The lowest BCUT2D eigenvalue weighted by Gasteiger charge is -2.05. The average molecular weight is 340 g/mol. The van der Waals surface area contributed by atoms with E-state index in [-0.39, 0.29) is 18.1 Å². The van der Waals surface area contributed by atoms with Crippen LogP contribution in [0.15, 0.2) is 53.2 Å². The summed E-state index contributed by atoms with van der Waals surface area (Å²) >= 11 is 0. The van der Waals surface area contributed by atoms with Crippen LogP contribution in [0.5, 0.6) is 0 Å². The third-order valence-electron chi connectivity index (χ3n) is 3.62. The van der Waals surface area contributed by atoms with Crippen LogP contribution in [0.1, 0.15) is 17.9 Å². The molecule has 0 bridgehead atoms. The number of aromatic nitrogens is 3. The van der Waals surface area contributed by atoms with Crippen LogP contribution in [0.3, 0.4) is 0 Å². The van der Waals surface area contributed by atoms with E-state index in [9.17, 15) is 9.18 Å². The van der Waals surface area contributed by atoms with E-state index in [4.69, 9.17) is 4.42 Å². The number of carbonyl (C=O) groups excluding carboxylic acids is 1. The highest BCUT2D eigenvalue weighted by Crippen LogP contribution is 2.16. The molecule has 7 heteroatoms. The number of benzene rings is 1. The van der Waals surface area contributed by atoms with Gasteiger partial charge in [0.2, 0.25) is 17.7 Å². The van der Waals surface area contributed by atoms with Gasteiger partial charge in [-0.25, -0.2) is 4.39 Å². The van der Waals surface area contributed by atoms with E-state index >= 15 is 0 Å². The fourth-order valence-corrected chi connectivity index (χ4v) is 2.31. The highest BCUT2D eigenvalue weighted by Gasteiger charge is 2.10. The Labute approximate surface area is 144 Å². The predicted octanol–water partition coefficient (Wildman–Crippen LogP) is 2.56. The van der Waals surface area contributed by atoms with Crippen molar-refractivity contribution in [3.8, 4) is 11.5 Å². The van der Waals surface area contributed by atoms with Gasteiger partial charge in [-0.1, -0.05) is 18.2 Å². The number of pyridine rings is 1. The summed E-state index contributed by atoms with van der Waals surface area (Å²) in [7, 11) is 0. The standard InChI is InChI=1S/C18H17FN4O2/c19-15-6-2-1-4-13(15)9-11-21-16(24)7-8-17-22-23-18(25-17)14-5-3-10-20-12-14/h1-6,10,12H,7-9,11H2,(H,21,24). The fraction of sp³-hybridized carbons (Fsp3) is 0.222. The van der Waals surface area contributed by atoms with Gasteiger partial charge in [0.1, 0.15) is 5.82 Å². The lowest BCUT2D eigenvalue weighted by Crippen LogP contribution is -2.26. The van der Waals surface area contributed by atoms with Crippen LogP contribution in [0, 0.1) is 5.82 Å². The van der Waals surface area contributed by atoms with Gasteiger partial charge < -0.3 is 9.73 Å². The quantitative estimate of drug-likeness (QED) is 0.715. The van der Waals surface area contributed by atoms with Crippen molar-refractivity contribution in [3.05, 3.63) is 66.1 Å². The van der Waals surface area contributed by atoms with Gasteiger partial charge in [0.15, 0.2) is 0 Å². The molecule has 3 rings (SSSR count). The molecule has 25 heavy (non-hydrogen) atoms. The van der Waals surface area contributed by atoms with E-state index in [1.54, 1.807) is 36.7 Å². The number of aryl methyl sites for hydroxylation is 1. The molecule has 3 aromatic rings. The van der Waals surface area contributed by atoms with Gasteiger partial charge in [0, 0.05) is 31.8 Å². The van der Waals surface area contributed by atoms with Crippen molar-refractivity contribution in [1.29, 1.82) is 0 Å². The van der Waals surface area contributed by atoms with Crippen molar-refractivity contribution in [3.63, 3.8) is 0 Å². The maximum atomic E-state index is 13.5. The molecule has 0 fully saturated rings. The van der Waals surface area contributed by atoms with E-state index in [1.165, 1.54) is 6.07 Å². The first-order chi connectivity index (χ1) is 12.2. The molecule has 0 atom stereocenters. The van der Waals surface area contributed by atoms with E-state index in [0.29, 0.717) is 36.7 Å². The zero-order valence-electron chi connectivity index (χ0n) is 13.5. The van der Waals surface area contributed by atoms with Gasteiger partial charge in [0.05, 0.1) is 5.56 Å². The fourth-order valence-electron chi connectivity index (χ4n) is 2.31. The molecule has 1 N–H and O–H groups in total. The molecule has 0 saturated heterocycles. The molecular formula is C18H17FN4O2. The summed E-state index contributed by atoms with van der Waals surface area (Å²) in [6.45, 7) is 0.379. The van der Waals surface area contributed by atoms with Crippen molar-refractivity contribution in [2.75, 3.05) is 6.54 Å². The Bertz CT molecular complexity index is 836. The first-order valence-corrected chi connectivity index (χ1v) is 7.95. The molecule has 0 aliphatic carbocycles. The Morgan fingerprint density at radius 1 is 1.12 bits per heavy atom. The number of carbonyl (C=O) groups is 1. The normalized spacial score (nSPS) is 10.6. The Kier molecular flexibility index (Phi) is 5.46. The van der Waals surface area contributed by atoms with Gasteiger partial charge >= 0.3 is 0 Å². The largest absolute Gasteiger partial charge is 0.421 e. The Morgan fingerprint density at radius 3 is 2.80 bits per heavy atom. The first-order valence-electron chi connectivity index (χ1n) is 7.95. The van der Waals surface area contributed by atoms with Crippen molar-refractivity contribution < 1.29 is 13.6 Å². The lowest BCUT2D eigenvalue weighted by atomic mass is 10.1. The highest BCUT2D eigenvalue weighted by molar-refractivity contribution is 5.76. The SMILES string of the molecule is O=C(CCc1nnc(-c2cccnc2)o1)NCCc1ccccc1F. The van der Waals surface area contributed by atoms with Gasteiger partial charge in [-0.05, 0) is 30.2 Å². The molecule has 0 spiro atoms. The van der Waals surface area contributed by atoms with Crippen molar-refractivity contribution in [1.82, 2.24) is 20.5 Å². The van der Waals surface area contributed by atoms with Crippen LogP contribution in [0.2, 0.25) is 0 Å². The Balaban J connectivity index is 1.44. The summed E-state index contributed by atoms with van der Waals surface area (Å²) in [6.07, 6.45) is 4.31. The molecule has 6 nitrogen and oxygen atoms in total. The topological polar surface area (TPSA) is 80.9 Å². The number of amides is 1. The average Bonchev–Trinajstić information content (AvgIpc) is 3.11. The first kappa shape index (κ1) is 16.8. The maximum Gasteiger partial charge on any atom is 0.249 e. The summed E-state index contributed by atoms with van der Waals surface area (Å²) in [6, 6.07) is 10.1. The molecule has 1 amide bonds.